The van der Waals surface area contributed by atoms with Crippen LogP contribution in [0.1, 0.15) is 43.7 Å². The van der Waals surface area contributed by atoms with Crippen LogP contribution >= 0.6 is 0 Å². The van der Waals surface area contributed by atoms with E-state index >= 15 is 0 Å². The van der Waals surface area contributed by atoms with Crippen LogP contribution in [0.3, 0.4) is 0 Å². The van der Waals surface area contributed by atoms with Crippen LogP contribution < -0.4 is 20.5 Å². The van der Waals surface area contributed by atoms with E-state index in [1.807, 2.05) is 42.5 Å². The average Bonchev–Trinajstić information content (AvgIpc) is 2.88. The van der Waals surface area contributed by atoms with Gasteiger partial charge in [-0.15, -0.1) is 0 Å². The Kier molecular flexibility index (Phi) is 10.2. The Labute approximate surface area is 208 Å². The number of ether oxygens (including phenoxy) is 2. The summed E-state index contributed by atoms with van der Waals surface area (Å²) in [6, 6.07) is 13.5. The number of carbonyl (C=O) groups is 2. The van der Waals surface area contributed by atoms with Crippen molar-refractivity contribution in [3.63, 3.8) is 0 Å². The number of piperidine rings is 1. The molecule has 2 amide bonds. The summed E-state index contributed by atoms with van der Waals surface area (Å²) in [4.78, 5) is 26.1. The number of nitrogens with one attached hydrogen (secondary N) is 1. The SMILES string of the molecule is CCCCOc1ccc(/C=C/C(=O)Nc2ccc(CCN3CCC(C(N)=O)CC3)cc2)cc1OC. The number of nitrogens with zero attached hydrogens (tertiary/aromatic N) is 1. The fourth-order valence-corrected chi connectivity index (χ4v) is 4.07. The number of anilines is 1. The van der Waals surface area contributed by atoms with Crippen molar-refractivity contribution >= 4 is 23.6 Å². The highest BCUT2D eigenvalue weighted by atomic mass is 16.5. The number of methoxy groups -OCH3 is 1. The van der Waals surface area contributed by atoms with Gasteiger partial charge in [-0.25, -0.2) is 0 Å². The van der Waals surface area contributed by atoms with E-state index in [1.54, 1.807) is 13.2 Å². The molecule has 7 nitrogen and oxygen atoms in total. The largest absolute Gasteiger partial charge is 0.493 e. The molecule has 1 heterocycles. The van der Waals surface area contributed by atoms with Crippen molar-refractivity contribution in [1.82, 2.24) is 4.90 Å². The summed E-state index contributed by atoms with van der Waals surface area (Å²) in [6.07, 6.45) is 7.94. The highest BCUT2D eigenvalue weighted by Crippen LogP contribution is 2.28. The molecule has 0 atom stereocenters. The second-order valence-electron chi connectivity index (χ2n) is 8.90. The van der Waals surface area contributed by atoms with Gasteiger partial charge in [-0.3, -0.25) is 9.59 Å². The highest BCUT2D eigenvalue weighted by Gasteiger charge is 2.22. The molecule has 1 aliphatic rings. The number of unbranched alkanes of at least 4 members (excludes halogenated alkanes) is 1. The zero-order valence-electron chi connectivity index (χ0n) is 20.8. The maximum Gasteiger partial charge on any atom is 0.248 e. The Bertz CT molecular complexity index is 996. The topological polar surface area (TPSA) is 93.9 Å². The third-order valence-electron chi connectivity index (χ3n) is 6.30. The van der Waals surface area contributed by atoms with Gasteiger partial charge in [-0.2, -0.15) is 0 Å². The van der Waals surface area contributed by atoms with Gasteiger partial charge in [0.15, 0.2) is 11.5 Å². The molecule has 0 spiro atoms. The number of benzene rings is 2. The van der Waals surface area contributed by atoms with E-state index in [-0.39, 0.29) is 17.7 Å². The predicted molar refractivity (Wildman–Crippen MR) is 140 cm³/mol. The van der Waals surface area contributed by atoms with E-state index in [9.17, 15) is 9.59 Å². The molecule has 2 aromatic rings. The van der Waals surface area contributed by atoms with E-state index in [0.717, 1.165) is 63.0 Å². The molecule has 1 fully saturated rings. The first-order valence-electron chi connectivity index (χ1n) is 12.4. The van der Waals surface area contributed by atoms with Crippen LogP contribution in [0.4, 0.5) is 5.69 Å². The van der Waals surface area contributed by atoms with Crippen LogP contribution in [-0.2, 0) is 16.0 Å². The first-order valence-corrected chi connectivity index (χ1v) is 12.4. The Morgan fingerprint density at radius 2 is 1.86 bits per heavy atom. The van der Waals surface area contributed by atoms with Gasteiger partial charge in [0.2, 0.25) is 11.8 Å². The van der Waals surface area contributed by atoms with E-state index < -0.39 is 0 Å². The molecule has 7 heteroatoms. The molecule has 0 radical (unpaired) electrons. The third kappa shape index (κ3) is 8.44. The van der Waals surface area contributed by atoms with Gasteiger partial charge in [-0.1, -0.05) is 31.5 Å². The van der Waals surface area contributed by atoms with Crippen LogP contribution in [0.15, 0.2) is 48.5 Å². The van der Waals surface area contributed by atoms with Crippen molar-refractivity contribution in [2.45, 2.75) is 39.0 Å². The lowest BCUT2D eigenvalue weighted by Crippen LogP contribution is -2.39. The first-order chi connectivity index (χ1) is 17.0. The van der Waals surface area contributed by atoms with Crippen LogP contribution in [-0.4, -0.2) is 50.1 Å². The molecule has 35 heavy (non-hydrogen) atoms. The molecule has 0 bridgehead atoms. The molecule has 0 aromatic heterocycles. The summed E-state index contributed by atoms with van der Waals surface area (Å²) in [6.45, 7) is 5.54. The van der Waals surface area contributed by atoms with Gasteiger partial charge in [-0.05, 0) is 80.2 Å². The lowest BCUT2D eigenvalue weighted by Gasteiger charge is -2.30. The molecular weight excluding hydrogens is 442 g/mol. The van der Waals surface area contributed by atoms with Crippen molar-refractivity contribution in [3.05, 3.63) is 59.7 Å². The number of carbonyl (C=O) groups excluding carboxylic acids is 2. The minimum atomic E-state index is -0.197. The zero-order chi connectivity index (χ0) is 25.0. The molecule has 2 aromatic carbocycles. The summed E-state index contributed by atoms with van der Waals surface area (Å²) in [5.41, 5.74) is 8.23. The summed E-state index contributed by atoms with van der Waals surface area (Å²) in [7, 11) is 1.61. The highest BCUT2D eigenvalue weighted by molar-refractivity contribution is 6.01. The smallest absolute Gasteiger partial charge is 0.248 e. The first kappa shape index (κ1) is 26.3. The molecule has 0 aliphatic carbocycles. The van der Waals surface area contributed by atoms with Gasteiger partial charge < -0.3 is 25.4 Å². The molecule has 1 saturated heterocycles. The van der Waals surface area contributed by atoms with E-state index in [0.29, 0.717) is 18.1 Å². The number of hydrogen-bond acceptors (Lipinski definition) is 5. The average molecular weight is 480 g/mol. The quantitative estimate of drug-likeness (QED) is 0.350. The van der Waals surface area contributed by atoms with Crippen molar-refractivity contribution in [3.8, 4) is 11.5 Å². The Morgan fingerprint density at radius 3 is 2.51 bits per heavy atom. The monoisotopic (exact) mass is 479 g/mol. The normalized spacial score (nSPS) is 14.7. The Morgan fingerprint density at radius 1 is 1.11 bits per heavy atom. The predicted octanol–water partition coefficient (Wildman–Crippen LogP) is 4.27. The lowest BCUT2D eigenvalue weighted by atomic mass is 9.96. The summed E-state index contributed by atoms with van der Waals surface area (Å²) in [5.74, 6) is 1.00. The molecule has 188 valence electrons. The fourth-order valence-electron chi connectivity index (χ4n) is 4.07. The minimum Gasteiger partial charge on any atom is -0.493 e. The third-order valence-corrected chi connectivity index (χ3v) is 6.30. The molecule has 0 saturated carbocycles. The zero-order valence-corrected chi connectivity index (χ0v) is 20.8. The number of primary amides is 1. The Balaban J connectivity index is 1.45. The van der Waals surface area contributed by atoms with E-state index in [1.165, 1.54) is 11.6 Å². The second-order valence-corrected chi connectivity index (χ2v) is 8.90. The summed E-state index contributed by atoms with van der Waals surface area (Å²) >= 11 is 0. The fraction of sp³-hybridized carbons (Fsp3) is 0.429. The van der Waals surface area contributed by atoms with Crippen molar-refractivity contribution < 1.29 is 19.1 Å². The minimum absolute atomic E-state index is 0.0224. The van der Waals surface area contributed by atoms with Crippen molar-refractivity contribution in [2.24, 2.45) is 11.7 Å². The van der Waals surface area contributed by atoms with Crippen LogP contribution in [0, 0.1) is 5.92 Å². The lowest BCUT2D eigenvalue weighted by molar-refractivity contribution is -0.123. The number of hydrogen-bond donors (Lipinski definition) is 2. The maximum absolute atomic E-state index is 12.4. The van der Waals surface area contributed by atoms with Crippen molar-refractivity contribution in [2.75, 3.05) is 38.7 Å². The number of amides is 2. The molecule has 3 rings (SSSR count). The second kappa shape index (κ2) is 13.5. The van der Waals surface area contributed by atoms with Gasteiger partial charge in [0, 0.05) is 24.2 Å². The van der Waals surface area contributed by atoms with Crippen molar-refractivity contribution in [1.29, 1.82) is 0 Å². The van der Waals surface area contributed by atoms with E-state index in [4.69, 9.17) is 15.2 Å². The van der Waals surface area contributed by atoms with Gasteiger partial charge in [0.1, 0.15) is 0 Å². The van der Waals surface area contributed by atoms with Gasteiger partial charge in [0.25, 0.3) is 0 Å². The van der Waals surface area contributed by atoms with E-state index in [2.05, 4.69) is 17.1 Å². The summed E-state index contributed by atoms with van der Waals surface area (Å²) in [5, 5.41) is 2.90. The van der Waals surface area contributed by atoms with Crippen LogP contribution in [0.25, 0.3) is 6.08 Å². The molecular formula is C28H37N3O4. The number of nitrogens with two attached hydrogens (primary N) is 1. The number of rotatable bonds is 12. The summed E-state index contributed by atoms with van der Waals surface area (Å²) < 4.78 is 11.2. The van der Waals surface area contributed by atoms with Gasteiger partial charge in [0.05, 0.1) is 13.7 Å². The maximum atomic E-state index is 12.4. The molecule has 3 N–H and O–H groups in total. The number of likely N-dealkylation sites (tertiary alicyclic amines) is 1. The van der Waals surface area contributed by atoms with Crippen LogP contribution in [0.2, 0.25) is 0 Å². The standard InChI is InChI=1S/C28H37N3O4/c1-3-4-19-35-25-11-7-22(20-26(25)34-2)8-12-27(32)30-24-9-5-21(6-10-24)13-16-31-17-14-23(15-18-31)28(29)33/h5-12,20,23H,3-4,13-19H2,1-2H3,(H2,29,33)(H,30,32)/b12-8+. The van der Waals surface area contributed by atoms with Crippen LogP contribution in [0.5, 0.6) is 11.5 Å². The van der Waals surface area contributed by atoms with Gasteiger partial charge >= 0.3 is 0 Å². The Hall–Kier alpha value is -3.32. The molecule has 1 aliphatic heterocycles. The molecule has 0 unspecified atom stereocenters.